The van der Waals surface area contributed by atoms with Crippen molar-refractivity contribution in [2.45, 2.75) is 48.1 Å². The van der Waals surface area contributed by atoms with Crippen molar-refractivity contribution in [3.63, 3.8) is 0 Å². The van der Waals surface area contributed by atoms with E-state index in [2.05, 4.69) is 87.3 Å². The van der Waals surface area contributed by atoms with Gasteiger partial charge in [0.1, 0.15) is 0 Å². The molecule has 0 aliphatic carbocycles. The van der Waals surface area contributed by atoms with E-state index < -0.39 is 18.2 Å². The average Bonchev–Trinajstić information content (AvgIpc) is 2.92. The van der Waals surface area contributed by atoms with Gasteiger partial charge in [0.25, 0.3) is 0 Å². The van der Waals surface area contributed by atoms with Crippen LogP contribution in [0.1, 0.15) is 38.9 Å². The van der Waals surface area contributed by atoms with Crippen molar-refractivity contribution in [1.82, 2.24) is 9.13 Å². The van der Waals surface area contributed by atoms with Gasteiger partial charge < -0.3 is 0 Å². The van der Waals surface area contributed by atoms with Crippen LogP contribution in [0.2, 0.25) is 0 Å². The minimum atomic E-state index is -0.459. The third kappa shape index (κ3) is 3.70. The molecular formula is C22H26AuClN2-2. The Kier molecular flexibility index (Phi) is 5.78. The average molecular weight is 551 g/mol. The van der Waals surface area contributed by atoms with Gasteiger partial charge >= 0.3 is 170 Å². The zero-order valence-corrected chi connectivity index (χ0v) is 19.2. The molecule has 2 nitrogen and oxygen atoms in total. The van der Waals surface area contributed by atoms with Crippen molar-refractivity contribution in [1.29, 1.82) is 0 Å². The normalized spacial score (nSPS) is 12.7. The molecule has 3 aromatic rings. The molecule has 0 saturated heterocycles. The summed E-state index contributed by atoms with van der Waals surface area (Å²) in [6.45, 7) is 14.0. The van der Waals surface area contributed by atoms with Gasteiger partial charge in [-0.05, 0) is 0 Å². The van der Waals surface area contributed by atoms with Crippen LogP contribution in [0.5, 0.6) is 0 Å². The number of benzene rings is 2. The topological polar surface area (TPSA) is 9.86 Å². The van der Waals surface area contributed by atoms with Gasteiger partial charge in [0.05, 0.1) is 0 Å². The van der Waals surface area contributed by atoms with Gasteiger partial charge in [0.2, 0.25) is 0 Å². The maximum atomic E-state index is 6.49. The Labute approximate surface area is 169 Å². The molecule has 0 spiro atoms. The van der Waals surface area contributed by atoms with E-state index >= 15 is 0 Å². The van der Waals surface area contributed by atoms with Crippen molar-refractivity contribution in [3.8, 4) is 5.69 Å². The third-order valence-corrected chi connectivity index (χ3v) is 7.23. The van der Waals surface area contributed by atoms with Crippen molar-refractivity contribution < 1.29 is 18.2 Å². The quantitative estimate of drug-likeness (QED) is 0.357. The molecule has 0 radical (unpaired) electrons. The molecule has 3 rings (SSSR count). The standard InChI is InChI=1S/C22H26N2.Au.ClH/c1-15-9-17(3)21(18(4)10-15)13-23-7-8-24(14-23)22-19(5)11-16(2)12-20(22)6;;/h7-12H,13H2,1-6H3;;1H/q;-1;/p-1. The van der Waals surface area contributed by atoms with Crippen molar-refractivity contribution in [2.75, 3.05) is 0 Å². The van der Waals surface area contributed by atoms with E-state index in [1.165, 1.54) is 48.3 Å². The molecule has 0 saturated carbocycles. The van der Waals surface area contributed by atoms with Gasteiger partial charge in [-0.25, -0.2) is 0 Å². The molecule has 0 aliphatic rings. The molecule has 0 unspecified atom stereocenters. The summed E-state index contributed by atoms with van der Waals surface area (Å²) in [5.41, 5.74) is 10.6. The number of imidazole rings is 1. The first-order valence-corrected chi connectivity index (χ1v) is 12.5. The van der Waals surface area contributed by atoms with Gasteiger partial charge in [-0.1, -0.05) is 0 Å². The summed E-state index contributed by atoms with van der Waals surface area (Å²) in [6, 6.07) is 9.02. The monoisotopic (exact) mass is 550 g/mol. The van der Waals surface area contributed by atoms with E-state index in [-0.39, 0.29) is 0 Å². The first-order valence-electron chi connectivity index (χ1n) is 8.76. The summed E-state index contributed by atoms with van der Waals surface area (Å²) in [7, 11) is 6.49. The van der Waals surface area contributed by atoms with Crippen LogP contribution in [0.25, 0.3) is 5.69 Å². The van der Waals surface area contributed by atoms with Gasteiger partial charge in [-0.2, -0.15) is 0 Å². The van der Waals surface area contributed by atoms with Crippen molar-refractivity contribution >= 4 is 9.19 Å². The number of halogens is 1. The van der Waals surface area contributed by atoms with E-state index in [1.54, 1.807) is 0 Å². The van der Waals surface area contributed by atoms with E-state index in [0.717, 1.165) is 6.54 Å². The minimum absolute atomic E-state index is 0.459. The number of rotatable bonds is 3. The van der Waals surface area contributed by atoms with Crippen LogP contribution in [0.4, 0.5) is 0 Å². The Bertz CT molecular complexity index is 995. The third-order valence-electron chi connectivity index (χ3n) is 4.89. The summed E-state index contributed by atoms with van der Waals surface area (Å²) in [5.74, 6) is 0. The molecule has 2 aromatic carbocycles. The summed E-state index contributed by atoms with van der Waals surface area (Å²) >= 11 is -0.459. The Morgan fingerprint density at radius 2 is 1.27 bits per heavy atom. The van der Waals surface area contributed by atoms with E-state index in [0.29, 0.717) is 0 Å². The molecule has 0 bridgehead atoms. The summed E-state index contributed by atoms with van der Waals surface area (Å²) in [4.78, 5) is 0. The zero-order valence-electron chi connectivity index (χ0n) is 16.2. The van der Waals surface area contributed by atoms with Crippen LogP contribution in [0.3, 0.4) is 0 Å². The van der Waals surface area contributed by atoms with Crippen LogP contribution >= 0.6 is 9.19 Å². The van der Waals surface area contributed by atoms with Gasteiger partial charge in [-0.3, -0.25) is 0 Å². The number of aromatic nitrogens is 2. The number of nitrogens with zero attached hydrogens (tertiary/aromatic N) is 2. The molecule has 0 fully saturated rings. The summed E-state index contributed by atoms with van der Waals surface area (Å²) < 4.78 is 5.82. The molecule has 0 N–H and O–H groups in total. The fourth-order valence-corrected chi connectivity index (χ4v) is 6.06. The predicted molar refractivity (Wildman–Crippen MR) is 107 cm³/mol. The van der Waals surface area contributed by atoms with E-state index in [4.69, 9.17) is 9.19 Å². The predicted octanol–water partition coefficient (Wildman–Crippen LogP) is 5.95. The fourth-order valence-electron chi connectivity index (χ4n) is 3.91. The van der Waals surface area contributed by atoms with Crippen molar-refractivity contribution in [3.05, 3.63) is 79.2 Å². The molecule has 1 aromatic heterocycles. The molecule has 4 heteroatoms. The molecule has 144 valence electrons. The zero-order chi connectivity index (χ0) is 19.0. The number of hydrogen-bond donors (Lipinski definition) is 0. The van der Waals surface area contributed by atoms with Crippen LogP contribution in [0, 0.1) is 45.2 Å². The second-order valence-electron chi connectivity index (χ2n) is 7.21. The van der Waals surface area contributed by atoms with Gasteiger partial charge in [0, 0.05) is 0 Å². The Morgan fingerprint density at radius 3 is 1.77 bits per heavy atom. The second-order valence-corrected chi connectivity index (χ2v) is 9.52. The first-order chi connectivity index (χ1) is 12.3. The maximum absolute atomic E-state index is 6.49. The summed E-state index contributed by atoms with van der Waals surface area (Å²) in [6.07, 6.45) is 4.34. The first kappa shape index (κ1) is 19.4. The number of aryl methyl sites for hydroxylation is 6. The Hall–Kier alpha value is -1.32. The second kappa shape index (κ2) is 7.74. The van der Waals surface area contributed by atoms with Gasteiger partial charge in [-0.15, -0.1) is 0 Å². The molecule has 0 atom stereocenters. The van der Waals surface area contributed by atoms with Crippen LogP contribution in [-0.2, 0) is 24.8 Å². The Balaban J connectivity index is 2.12. The number of hydrogen-bond acceptors (Lipinski definition) is 0. The van der Waals surface area contributed by atoms with Crippen LogP contribution < -0.4 is 0 Å². The fraction of sp³-hybridized carbons (Fsp3) is 0.318. The molecular weight excluding hydrogens is 525 g/mol. The van der Waals surface area contributed by atoms with Crippen molar-refractivity contribution in [2.24, 2.45) is 0 Å². The molecule has 0 amide bonds. The molecule has 1 heterocycles. The Morgan fingerprint density at radius 1 is 0.769 bits per heavy atom. The van der Waals surface area contributed by atoms with E-state index in [1.807, 2.05) is 0 Å². The van der Waals surface area contributed by atoms with Gasteiger partial charge in [0.15, 0.2) is 0 Å². The molecule has 0 aliphatic heterocycles. The SMILES string of the molecule is Cc1cc(C)c(Cn2ccn(-c3c(C)cc(C)cc3C)[c]2=[Au-2][Cl])c(C)c1. The summed E-state index contributed by atoms with van der Waals surface area (Å²) in [5, 5.41) is 0. The van der Waals surface area contributed by atoms with E-state index in [9.17, 15) is 0 Å². The molecule has 26 heavy (non-hydrogen) atoms. The van der Waals surface area contributed by atoms with Crippen LogP contribution in [-0.4, -0.2) is 9.13 Å². The van der Waals surface area contributed by atoms with Crippen LogP contribution in [0.15, 0.2) is 36.7 Å².